The number of rotatable bonds is 5. The number of halogens is 1. The number of aliphatic hydroxyl groups is 1. The summed E-state index contributed by atoms with van der Waals surface area (Å²) in [5.74, 6) is 3.38. The van der Waals surface area contributed by atoms with Crippen LogP contribution in [0.3, 0.4) is 0 Å². The van der Waals surface area contributed by atoms with Gasteiger partial charge < -0.3 is 9.84 Å². The predicted molar refractivity (Wildman–Crippen MR) is 120 cm³/mol. The van der Waals surface area contributed by atoms with Crippen molar-refractivity contribution in [1.29, 1.82) is 0 Å². The number of alkyl halides is 1. The maximum Gasteiger partial charge on any atom is 0.147 e. The lowest BCUT2D eigenvalue weighted by Gasteiger charge is -2.62. The summed E-state index contributed by atoms with van der Waals surface area (Å²) in [4.78, 5) is 12.7. The molecule has 8 atom stereocenters. The molecule has 4 fully saturated rings. The van der Waals surface area contributed by atoms with Crippen molar-refractivity contribution in [1.82, 2.24) is 0 Å². The predicted octanol–water partition coefficient (Wildman–Crippen LogP) is 5.77. The Balaban J connectivity index is 1.63. The Kier molecular flexibility index (Phi) is 6.06. The molecular formula is C25H41BrO3. The summed E-state index contributed by atoms with van der Waals surface area (Å²) in [6.45, 7) is 9.63. The second-order valence-corrected chi connectivity index (χ2v) is 12.3. The molecule has 0 saturated heterocycles. The van der Waals surface area contributed by atoms with E-state index in [4.69, 9.17) is 4.74 Å². The van der Waals surface area contributed by atoms with Crippen molar-refractivity contribution in [3.05, 3.63) is 0 Å². The molecule has 0 aliphatic heterocycles. The average molecular weight is 470 g/mol. The third kappa shape index (κ3) is 3.67. The van der Waals surface area contributed by atoms with Crippen LogP contribution >= 0.6 is 15.9 Å². The first-order valence-electron chi connectivity index (χ1n) is 12.1. The van der Waals surface area contributed by atoms with Crippen LogP contribution in [0.4, 0.5) is 0 Å². The zero-order valence-corrected chi connectivity index (χ0v) is 20.5. The molecule has 0 aromatic carbocycles. The van der Waals surface area contributed by atoms with Gasteiger partial charge in [0, 0.05) is 5.92 Å². The number of ether oxygens (including phenoxy) is 1. The number of carbonyl (C=O) groups is 1. The fourth-order valence-electron chi connectivity index (χ4n) is 8.46. The van der Waals surface area contributed by atoms with Gasteiger partial charge in [-0.3, -0.25) is 4.79 Å². The Morgan fingerprint density at radius 1 is 1.07 bits per heavy atom. The van der Waals surface area contributed by atoms with Crippen molar-refractivity contribution in [3.8, 4) is 0 Å². The maximum atomic E-state index is 12.7. The third-order valence-corrected chi connectivity index (χ3v) is 10.4. The Hall–Kier alpha value is 0.0700. The first-order chi connectivity index (χ1) is 13.6. The van der Waals surface area contributed by atoms with Crippen LogP contribution in [-0.4, -0.2) is 34.5 Å². The number of hydrogen-bond donors (Lipinski definition) is 1. The van der Waals surface area contributed by atoms with E-state index < -0.39 is 5.60 Å². The molecule has 0 radical (unpaired) electrons. The fraction of sp³-hybridized carbons (Fsp3) is 0.960. The van der Waals surface area contributed by atoms with E-state index in [2.05, 4.69) is 36.7 Å². The largest absolute Gasteiger partial charge is 0.390 e. The highest BCUT2D eigenvalue weighted by Gasteiger charge is 2.63. The molecule has 0 spiro atoms. The van der Waals surface area contributed by atoms with Gasteiger partial charge in [0.25, 0.3) is 0 Å². The van der Waals surface area contributed by atoms with Crippen LogP contribution < -0.4 is 0 Å². The molecule has 0 amide bonds. The number of ketones is 1. The van der Waals surface area contributed by atoms with E-state index in [0.717, 1.165) is 38.2 Å². The van der Waals surface area contributed by atoms with Crippen LogP contribution in [-0.2, 0) is 9.53 Å². The summed E-state index contributed by atoms with van der Waals surface area (Å²) in [5.41, 5.74) is -0.0872. The van der Waals surface area contributed by atoms with Gasteiger partial charge in [0.05, 0.1) is 23.6 Å². The van der Waals surface area contributed by atoms with Gasteiger partial charge in [0.2, 0.25) is 0 Å². The summed E-state index contributed by atoms with van der Waals surface area (Å²) in [7, 11) is 0. The van der Waals surface area contributed by atoms with E-state index in [-0.39, 0.29) is 22.9 Å². The van der Waals surface area contributed by atoms with E-state index in [9.17, 15) is 9.90 Å². The SMILES string of the molecule is CC(C)OC[C@]12CC[C@@](C)(O)C[C@H]1CC[C@H]1[C@@H]3CC[C@H](C(=O)CBr)[C@@]3(C)CC[C@@H]12. The lowest BCUT2D eigenvalue weighted by molar-refractivity contribution is -0.183. The minimum atomic E-state index is -0.511. The molecule has 29 heavy (non-hydrogen) atoms. The summed E-state index contributed by atoms with van der Waals surface area (Å²) in [6.07, 6.45) is 10.4. The smallest absolute Gasteiger partial charge is 0.147 e. The normalized spacial score (nSPS) is 49.4. The molecule has 0 aromatic rings. The van der Waals surface area contributed by atoms with Crippen LogP contribution in [0.5, 0.6) is 0 Å². The zero-order chi connectivity index (χ0) is 21.0. The molecule has 3 nitrogen and oxygen atoms in total. The summed E-state index contributed by atoms with van der Waals surface area (Å²) < 4.78 is 6.33. The second-order valence-electron chi connectivity index (χ2n) is 11.7. The van der Waals surface area contributed by atoms with Crippen LogP contribution in [0, 0.1) is 40.4 Å². The molecule has 166 valence electrons. The molecule has 0 unspecified atom stereocenters. The van der Waals surface area contributed by atoms with Gasteiger partial charge in [-0.1, -0.05) is 22.9 Å². The first kappa shape index (κ1) is 22.3. The monoisotopic (exact) mass is 468 g/mol. The minimum Gasteiger partial charge on any atom is -0.390 e. The van der Waals surface area contributed by atoms with Gasteiger partial charge in [-0.2, -0.15) is 0 Å². The van der Waals surface area contributed by atoms with E-state index in [1.165, 1.54) is 32.1 Å². The van der Waals surface area contributed by atoms with Crippen molar-refractivity contribution in [3.63, 3.8) is 0 Å². The molecule has 4 aliphatic carbocycles. The Morgan fingerprint density at radius 3 is 2.52 bits per heavy atom. The molecule has 0 heterocycles. The number of fused-ring (bicyclic) bond motifs is 5. The van der Waals surface area contributed by atoms with E-state index in [1.54, 1.807) is 0 Å². The average Bonchev–Trinajstić information content (AvgIpc) is 3.02. The number of hydrogen-bond acceptors (Lipinski definition) is 3. The minimum absolute atomic E-state index is 0.194. The van der Waals surface area contributed by atoms with Crippen molar-refractivity contribution < 1.29 is 14.6 Å². The van der Waals surface area contributed by atoms with Gasteiger partial charge in [-0.25, -0.2) is 0 Å². The summed E-state index contributed by atoms with van der Waals surface area (Å²) in [6, 6.07) is 0. The topological polar surface area (TPSA) is 46.5 Å². The zero-order valence-electron chi connectivity index (χ0n) is 18.9. The van der Waals surface area contributed by atoms with Crippen LogP contribution in [0.2, 0.25) is 0 Å². The molecular weight excluding hydrogens is 428 g/mol. The van der Waals surface area contributed by atoms with Crippen LogP contribution in [0.25, 0.3) is 0 Å². The first-order valence-corrected chi connectivity index (χ1v) is 13.2. The lowest BCUT2D eigenvalue weighted by atomic mass is 9.43. The highest BCUT2D eigenvalue weighted by Crippen LogP contribution is 2.68. The molecule has 4 aliphatic rings. The van der Waals surface area contributed by atoms with Gasteiger partial charge in [-0.05, 0) is 113 Å². The number of carbonyl (C=O) groups excluding carboxylic acids is 1. The standard InChI is InChI=1S/C25H41BrO3/c1-16(2)29-15-25-12-11-23(3,28)13-17(25)5-6-18-19-7-8-21(22(27)14-26)24(19,4)10-9-20(18)25/h16-21,28H,5-15H2,1-4H3/t17-,18+,19+,20+,21-,23-,24+,25-/m1/s1. The van der Waals surface area contributed by atoms with Crippen LogP contribution in [0.1, 0.15) is 85.5 Å². The van der Waals surface area contributed by atoms with E-state index in [1.807, 2.05) is 6.92 Å². The van der Waals surface area contributed by atoms with Crippen molar-refractivity contribution in [2.45, 2.75) is 97.2 Å². The van der Waals surface area contributed by atoms with Gasteiger partial charge in [0.1, 0.15) is 5.78 Å². The van der Waals surface area contributed by atoms with E-state index in [0.29, 0.717) is 28.9 Å². The van der Waals surface area contributed by atoms with E-state index >= 15 is 0 Å². The van der Waals surface area contributed by atoms with Crippen molar-refractivity contribution >= 4 is 21.7 Å². The highest BCUT2D eigenvalue weighted by atomic mass is 79.9. The molecule has 0 bridgehead atoms. The second kappa shape index (κ2) is 7.89. The highest BCUT2D eigenvalue weighted by molar-refractivity contribution is 9.09. The Labute approximate surface area is 185 Å². The Morgan fingerprint density at radius 2 is 1.83 bits per heavy atom. The maximum absolute atomic E-state index is 12.7. The van der Waals surface area contributed by atoms with Gasteiger partial charge in [-0.15, -0.1) is 0 Å². The Bertz CT molecular complexity index is 628. The van der Waals surface area contributed by atoms with Gasteiger partial charge >= 0.3 is 0 Å². The molecule has 4 rings (SSSR count). The van der Waals surface area contributed by atoms with Gasteiger partial charge in [0.15, 0.2) is 0 Å². The lowest BCUT2D eigenvalue weighted by Crippen LogP contribution is -2.58. The molecule has 4 heteroatoms. The number of Topliss-reactive ketones (excluding diaryl/α,β-unsaturated/α-hetero) is 1. The quantitative estimate of drug-likeness (QED) is 0.521. The van der Waals surface area contributed by atoms with Crippen molar-refractivity contribution in [2.24, 2.45) is 40.4 Å². The fourth-order valence-corrected chi connectivity index (χ4v) is 8.85. The third-order valence-electron chi connectivity index (χ3n) is 9.86. The molecule has 1 N–H and O–H groups in total. The molecule has 0 aromatic heterocycles. The van der Waals surface area contributed by atoms with Crippen LogP contribution in [0.15, 0.2) is 0 Å². The molecule has 4 saturated carbocycles. The van der Waals surface area contributed by atoms with Crippen molar-refractivity contribution in [2.75, 3.05) is 11.9 Å². The summed E-state index contributed by atoms with van der Waals surface area (Å²) in [5, 5.41) is 11.3. The summed E-state index contributed by atoms with van der Waals surface area (Å²) >= 11 is 3.44.